The van der Waals surface area contributed by atoms with Crippen molar-refractivity contribution in [3.05, 3.63) is 18.0 Å². The summed E-state index contributed by atoms with van der Waals surface area (Å²) in [5.74, 6) is -0.0570. The van der Waals surface area contributed by atoms with Gasteiger partial charge in [0.05, 0.1) is 17.6 Å². The first-order valence-electron chi connectivity index (χ1n) is 6.09. The monoisotopic (exact) mass is 263 g/mol. The normalized spacial score (nSPS) is 19.5. The van der Waals surface area contributed by atoms with Crippen LogP contribution in [0.15, 0.2) is 12.3 Å². The highest BCUT2D eigenvalue weighted by Gasteiger charge is 2.29. The van der Waals surface area contributed by atoms with Crippen LogP contribution in [-0.4, -0.2) is 58.1 Å². The lowest BCUT2D eigenvalue weighted by molar-refractivity contribution is -0.135. The van der Waals surface area contributed by atoms with Gasteiger partial charge in [-0.25, -0.2) is 4.79 Å². The van der Waals surface area contributed by atoms with Gasteiger partial charge in [0.1, 0.15) is 6.54 Å². The molecule has 1 saturated heterocycles. The van der Waals surface area contributed by atoms with E-state index in [1.807, 2.05) is 6.92 Å². The number of rotatable bonds is 1. The summed E-state index contributed by atoms with van der Waals surface area (Å²) in [6.45, 7) is 4.30. The number of hydrogen-bond donors (Lipinski definition) is 1. The number of carbonyl (C=O) groups is 2. The van der Waals surface area contributed by atoms with Gasteiger partial charge in [-0.15, -0.1) is 0 Å². The SMILES string of the molecule is Cc1nnccc1NC(=O)N1CC(=O)N(C)C(C)C1. The van der Waals surface area contributed by atoms with Crippen molar-refractivity contribution in [1.29, 1.82) is 0 Å². The Balaban J connectivity index is 2.05. The van der Waals surface area contributed by atoms with E-state index in [2.05, 4.69) is 15.5 Å². The second-order valence-electron chi connectivity index (χ2n) is 4.69. The minimum atomic E-state index is -0.288. The van der Waals surface area contributed by atoms with Crippen molar-refractivity contribution in [2.24, 2.45) is 0 Å². The fraction of sp³-hybridized carbons (Fsp3) is 0.500. The topological polar surface area (TPSA) is 78.4 Å². The number of piperazine rings is 1. The number of aromatic nitrogens is 2. The molecule has 1 N–H and O–H groups in total. The number of amides is 3. The maximum atomic E-state index is 12.1. The molecule has 2 rings (SSSR count). The molecule has 0 spiro atoms. The van der Waals surface area contributed by atoms with Gasteiger partial charge in [-0.2, -0.15) is 10.2 Å². The first-order valence-corrected chi connectivity index (χ1v) is 6.09. The number of anilines is 1. The molecule has 7 heteroatoms. The van der Waals surface area contributed by atoms with Gasteiger partial charge in [0, 0.05) is 19.6 Å². The van der Waals surface area contributed by atoms with Crippen LogP contribution < -0.4 is 5.32 Å². The van der Waals surface area contributed by atoms with Crippen LogP contribution in [0, 0.1) is 6.92 Å². The lowest BCUT2D eigenvalue weighted by Crippen LogP contribution is -2.56. The molecule has 0 aliphatic carbocycles. The van der Waals surface area contributed by atoms with Gasteiger partial charge in [0.25, 0.3) is 0 Å². The van der Waals surface area contributed by atoms with Crippen LogP contribution in [0.5, 0.6) is 0 Å². The maximum absolute atomic E-state index is 12.1. The Morgan fingerprint density at radius 1 is 1.53 bits per heavy atom. The summed E-state index contributed by atoms with van der Waals surface area (Å²) < 4.78 is 0. The van der Waals surface area contributed by atoms with E-state index in [1.165, 1.54) is 11.1 Å². The zero-order chi connectivity index (χ0) is 14.0. The Morgan fingerprint density at radius 3 is 2.89 bits per heavy atom. The van der Waals surface area contributed by atoms with E-state index in [1.54, 1.807) is 24.9 Å². The molecule has 3 amide bonds. The Morgan fingerprint density at radius 2 is 2.26 bits per heavy atom. The molecular weight excluding hydrogens is 246 g/mol. The van der Waals surface area contributed by atoms with Gasteiger partial charge in [0.15, 0.2) is 0 Å². The highest BCUT2D eigenvalue weighted by molar-refractivity contribution is 5.93. The fourth-order valence-corrected chi connectivity index (χ4v) is 1.91. The highest BCUT2D eigenvalue weighted by atomic mass is 16.2. The number of likely N-dealkylation sites (N-methyl/N-ethyl adjacent to an activating group) is 1. The van der Waals surface area contributed by atoms with Crippen LogP contribution in [0.1, 0.15) is 12.6 Å². The Labute approximate surface area is 111 Å². The van der Waals surface area contributed by atoms with Crippen LogP contribution in [0.4, 0.5) is 10.5 Å². The number of carbonyl (C=O) groups excluding carboxylic acids is 2. The van der Waals surface area contributed by atoms with Crippen molar-refractivity contribution in [3.8, 4) is 0 Å². The first kappa shape index (κ1) is 13.3. The molecule has 102 valence electrons. The molecule has 1 aliphatic rings. The predicted octanol–water partition coefficient (Wildman–Crippen LogP) is 0.479. The van der Waals surface area contributed by atoms with Crippen molar-refractivity contribution < 1.29 is 9.59 Å². The largest absolute Gasteiger partial charge is 0.340 e. The molecule has 1 aliphatic heterocycles. The van der Waals surface area contributed by atoms with Crippen LogP contribution >= 0.6 is 0 Å². The van der Waals surface area contributed by atoms with E-state index in [9.17, 15) is 9.59 Å². The van der Waals surface area contributed by atoms with Crippen LogP contribution in [0.2, 0.25) is 0 Å². The summed E-state index contributed by atoms with van der Waals surface area (Å²) in [5.41, 5.74) is 1.25. The van der Waals surface area contributed by atoms with Crippen LogP contribution in [0.3, 0.4) is 0 Å². The lowest BCUT2D eigenvalue weighted by Gasteiger charge is -2.37. The molecule has 1 atom stereocenters. The van der Waals surface area contributed by atoms with Gasteiger partial charge in [-0.1, -0.05) is 0 Å². The maximum Gasteiger partial charge on any atom is 0.322 e. The number of aryl methyl sites for hydroxylation is 1. The average Bonchev–Trinajstić information content (AvgIpc) is 2.38. The van der Waals surface area contributed by atoms with Crippen molar-refractivity contribution >= 4 is 17.6 Å². The van der Waals surface area contributed by atoms with Crippen molar-refractivity contribution in [3.63, 3.8) is 0 Å². The zero-order valence-electron chi connectivity index (χ0n) is 11.3. The molecule has 19 heavy (non-hydrogen) atoms. The van der Waals surface area contributed by atoms with E-state index in [0.717, 1.165) is 0 Å². The third kappa shape index (κ3) is 2.81. The number of nitrogens with one attached hydrogen (secondary N) is 1. The number of nitrogens with zero attached hydrogens (tertiary/aromatic N) is 4. The fourth-order valence-electron chi connectivity index (χ4n) is 1.91. The molecule has 1 unspecified atom stereocenters. The molecule has 0 aromatic carbocycles. The minimum Gasteiger partial charge on any atom is -0.340 e. The first-order chi connectivity index (χ1) is 8.99. The van der Waals surface area contributed by atoms with E-state index in [-0.39, 0.29) is 24.5 Å². The minimum absolute atomic E-state index is 0.0173. The molecule has 7 nitrogen and oxygen atoms in total. The Kier molecular flexibility index (Phi) is 3.64. The standard InChI is InChI=1S/C12H17N5O2/c1-8-6-17(7-11(18)16(8)3)12(19)14-10-4-5-13-15-9(10)2/h4-5,8H,6-7H2,1-3H3,(H,13,14,19). The lowest BCUT2D eigenvalue weighted by atomic mass is 10.2. The second-order valence-corrected chi connectivity index (χ2v) is 4.69. The summed E-state index contributed by atoms with van der Waals surface area (Å²) in [5, 5.41) is 10.3. The van der Waals surface area contributed by atoms with Crippen molar-refractivity contribution in [2.45, 2.75) is 19.9 Å². The molecule has 0 saturated carbocycles. The number of hydrogen-bond acceptors (Lipinski definition) is 4. The van der Waals surface area contributed by atoms with Gasteiger partial charge < -0.3 is 15.1 Å². The summed E-state index contributed by atoms with van der Waals surface area (Å²) in [6, 6.07) is 1.41. The third-order valence-electron chi connectivity index (χ3n) is 3.30. The molecular formula is C12H17N5O2. The van der Waals surface area contributed by atoms with Gasteiger partial charge >= 0.3 is 6.03 Å². The smallest absolute Gasteiger partial charge is 0.322 e. The van der Waals surface area contributed by atoms with Crippen molar-refractivity contribution in [1.82, 2.24) is 20.0 Å². The molecule has 1 fully saturated rings. The summed E-state index contributed by atoms with van der Waals surface area (Å²) in [4.78, 5) is 27.0. The number of urea groups is 1. The predicted molar refractivity (Wildman–Crippen MR) is 69.6 cm³/mol. The van der Waals surface area contributed by atoms with E-state index < -0.39 is 0 Å². The Hall–Kier alpha value is -2.18. The van der Waals surface area contributed by atoms with E-state index in [0.29, 0.717) is 17.9 Å². The van der Waals surface area contributed by atoms with E-state index in [4.69, 9.17) is 0 Å². The third-order valence-corrected chi connectivity index (χ3v) is 3.30. The highest BCUT2D eigenvalue weighted by Crippen LogP contribution is 2.13. The van der Waals surface area contributed by atoms with Crippen LogP contribution in [-0.2, 0) is 4.79 Å². The summed E-state index contributed by atoms with van der Waals surface area (Å²) in [7, 11) is 1.75. The van der Waals surface area contributed by atoms with Crippen LogP contribution in [0.25, 0.3) is 0 Å². The Bertz CT molecular complexity index is 505. The van der Waals surface area contributed by atoms with E-state index >= 15 is 0 Å². The summed E-state index contributed by atoms with van der Waals surface area (Å²) >= 11 is 0. The molecule has 0 radical (unpaired) electrons. The molecule has 0 bridgehead atoms. The average molecular weight is 263 g/mol. The molecule has 1 aromatic heterocycles. The van der Waals surface area contributed by atoms with Gasteiger partial charge in [0.2, 0.25) is 5.91 Å². The second kappa shape index (κ2) is 5.21. The molecule has 1 aromatic rings. The van der Waals surface area contributed by atoms with Gasteiger partial charge in [-0.05, 0) is 19.9 Å². The van der Waals surface area contributed by atoms with Gasteiger partial charge in [-0.3, -0.25) is 4.79 Å². The van der Waals surface area contributed by atoms with Crippen molar-refractivity contribution in [2.75, 3.05) is 25.5 Å². The quantitative estimate of drug-likeness (QED) is 0.799. The summed E-state index contributed by atoms with van der Waals surface area (Å²) in [6.07, 6.45) is 1.51. The zero-order valence-corrected chi connectivity index (χ0v) is 11.3. The molecule has 2 heterocycles.